The second kappa shape index (κ2) is 9.44. The summed E-state index contributed by atoms with van der Waals surface area (Å²) in [5, 5.41) is 4.66. The largest absolute Gasteiger partial charge is 0.309 e. The molecule has 0 saturated heterocycles. The van der Waals surface area contributed by atoms with Crippen molar-refractivity contribution >= 4 is 54.8 Å². The third-order valence-electron chi connectivity index (χ3n) is 9.73. The van der Waals surface area contributed by atoms with Crippen molar-refractivity contribution in [1.82, 2.24) is 29.1 Å². The zero-order valence-electron chi connectivity index (χ0n) is 25.5. The van der Waals surface area contributed by atoms with Gasteiger partial charge in [0, 0.05) is 50.8 Å². The maximum Gasteiger partial charge on any atom is 0.167 e. The Morgan fingerprint density at radius 3 is 2.10 bits per heavy atom. The summed E-state index contributed by atoms with van der Waals surface area (Å²) in [5.41, 5.74) is 13.0. The number of fused-ring (bicyclic) bond motifs is 12. The van der Waals surface area contributed by atoms with Crippen LogP contribution in [0.1, 0.15) is 0 Å². The first-order valence-corrected chi connectivity index (χ1v) is 16.1. The van der Waals surface area contributed by atoms with Crippen molar-refractivity contribution in [3.63, 3.8) is 0 Å². The topological polar surface area (TPSA) is 61.4 Å². The molecule has 6 heterocycles. The van der Waals surface area contributed by atoms with E-state index < -0.39 is 0 Å². The predicted octanol–water partition coefficient (Wildman–Crippen LogP) is 9.93. The number of pyridine rings is 2. The molecule has 5 aromatic heterocycles. The van der Waals surface area contributed by atoms with Crippen LogP contribution in [0.25, 0.3) is 99.9 Å². The van der Waals surface area contributed by atoms with Crippen LogP contribution in [-0.2, 0) is 0 Å². The van der Waals surface area contributed by atoms with E-state index in [2.05, 4.69) is 106 Å². The fourth-order valence-electron chi connectivity index (χ4n) is 7.67. The maximum absolute atomic E-state index is 5.21. The molecule has 6 heteroatoms. The Labute approximate surface area is 274 Å². The Morgan fingerprint density at radius 2 is 1.19 bits per heavy atom. The van der Waals surface area contributed by atoms with Crippen molar-refractivity contribution in [3.8, 4) is 45.1 Å². The van der Waals surface area contributed by atoms with Gasteiger partial charge in [0.1, 0.15) is 17.0 Å². The summed E-state index contributed by atoms with van der Waals surface area (Å²) >= 11 is 0. The molecule has 5 aromatic carbocycles. The van der Waals surface area contributed by atoms with Crippen LogP contribution < -0.4 is 0 Å². The monoisotopic (exact) mass is 612 g/mol. The molecule has 1 aliphatic heterocycles. The molecule has 0 N–H and O–H groups in total. The minimum Gasteiger partial charge on any atom is -0.309 e. The number of aromatic nitrogens is 6. The summed E-state index contributed by atoms with van der Waals surface area (Å²) < 4.78 is 4.56. The van der Waals surface area contributed by atoms with E-state index in [-0.39, 0.29) is 0 Å². The smallest absolute Gasteiger partial charge is 0.167 e. The highest BCUT2D eigenvalue weighted by atomic mass is 15.1. The van der Waals surface area contributed by atoms with Crippen LogP contribution in [0.3, 0.4) is 0 Å². The van der Waals surface area contributed by atoms with E-state index in [0.29, 0.717) is 0 Å². The van der Waals surface area contributed by atoms with E-state index in [0.717, 1.165) is 78.1 Å². The number of rotatable bonds is 2. The van der Waals surface area contributed by atoms with Gasteiger partial charge in [-0.2, -0.15) is 0 Å². The molecule has 222 valence electrons. The van der Waals surface area contributed by atoms with Crippen LogP contribution in [0.4, 0.5) is 0 Å². The second-order valence-electron chi connectivity index (χ2n) is 12.3. The molecule has 10 aromatic rings. The van der Waals surface area contributed by atoms with Crippen LogP contribution in [0, 0.1) is 0 Å². The van der Waals surface area contributed by atoms with Crippen molar-refractivity contribution in [2.24, 2.45) is 0 Å². The molecule has 11 rings (SSSR count). The van der Waals surface area contributed by atoms with E-state index in [1.807, 2.05) is 48.8 Å². The molecule has 0 unspecified atom stereocenters. The van der Waals surface area contributed by atoms with Crippen LogP contribution in [0.2, 0.25) is 0 Å². The summed E-state index contributed by atoms with van der Waals surface area (Å²) in [6.07, 6.45) is 3.69. The number of hydrogen-bond donors (Lipinski definition) is 0. The highest BCUT2D eigenvalue weighted by Gasteiger charge is 2.29. The van der Waals surface area contributed by atoms with Gasteiger partial charge in [0.05, 0.1) is 27.6 Å². The molecule has 1 aliphatic rings. The van der Waals surface area contributed by atoms with Crippen molar-refractivity contribution in [2.75, 3.05) is 0 Å². The molecule has 48 heavy (non-hydrogen) atoms. The zero-order valence-corrected chi connectivity index (χ0v) is 25.5. The normalized spacial score (nSPS) is 12.2. The van der Waals surface area contributed by atoms with Crippen LogP contribution in [-0.4, -0.2) is 29.1 Å². The van der Waals surface area contributed by atoms with Gasteiger partial charge in [-0.05, 0) is 77.9 Å². The molecule has 0 bridgehead atoms. The van der Waals surface area contributed by atoms with Crippen LogP contribution in [0.15, 0.2) is 146 Å². The molecule has 0 atom stereocenters. The molecule has 6 nitrogen and oxygen atoms in total. The summed E-state index contributed by atoms with van der Waals surface area (Å²) in [5.74, 6) is 0.743. The summed E-state index contributed by atoms with van der Waals surface area (Å²) in [6, 6.07) is 47.1. The molecule has 0 aliphatic carbocycles. The van der Waals surface area contributed by atoms with E-state index in [1.165, 1.54) is 21.8 Å². The molecule has 0 radical (unpaired) electrons. The molecule has 0 amide bonds. The quantitative estimate of drug-likeness (QED) is 0.195. The van der Waals surface area contributed by atoms with Gasteiger partial charge in [-0.1, -0.05) is 66.7 Å². The third-order valence-corrected chi connectivity index (χ3v) is 9.73. The number of nitrogens with zero attached hydrogens (tertiary/aromatic N) is 6. The van der Waals surface area contributed by atoms with Crippen molar-refractivity contribution in [3.05, 3.63) is 146 Å². The van der Waals surface area contributed by atoms with Gasteiger partial charge in [-0.15, -0.1) is 0 Å². The van der Waals surface area contributed by atoms with Gasteiger partial charge in [0.2, 0.25) is 0 Å². The first kappa shape index (κ1) is 25.5. The molecular weight excluding hydrogens is 589 g/mol. The lowest BCUT2D eigenvalue weighted by Crippen LogP contribution is -2.03. The van der Waals surface area contributed by atoms with E-state index in [4.69, 9.17) is 19.9 Å². The van der Waals surface area contributed by atoms with E-state index in [9.17, 15) is 0 Å². The Balaban J connectivity index is 1.26. The van der Waals surface area contributed by atoms with Crippen LogP contribution in [0.5, 0.6) is 0 Å². The summed E-state index contributed by atoms with van der Waals surface area (Å²) in [6.45, 7) is 0. The van der Waals surface area contributed by atoms with Crippen molar-refractivity contribution in [2.45, 2.75) is 0 Å². The van der Waals surface area contributed by atoms with Gasteiger partial charge in [-0.3, -0.25) is 9.55 Å². The van der Waals surface area contributed by atoms with Crippen LogP contribution >= 0.6 is 0 Å². The minimum atomic E-state index is 0.743. The lowest BCUT2D eigenvalue weighted by atomic mass is 9.94. The maximum atomic E-state index is 5.21. The molecule has 0 fully saturated rings. The fraction of sp³-hybridized carbons (Fsp3) is 0. The average Bonchev–Trinajstić information content (AvgIpc) is 3.63. The van der Waals surface area contributed by atoms with Crippen molar-refractivity contribution < 1.29 is 0 Å². The lowest BCUT2D eigenvalue weighted by Gasteiger charge is -2.12. The molecular formula is C42H24N6. The number of benzene rings is 5. The van der Waals surface area contributed by atoms with E-state index >= 15 is 0 Å². The Hall–Kier alpha value is -6.66. The first-order valence-electron chi connectivity index (χ1n) is 16.1. The van der Waals surface area contributed by atoms with Crippen molar-refractivity contribution in [1.29, 1.82) is 0 Å². The lowest BCUT2D eigenvalue weighted by molar-refractivity contribution is 1.06. The van der Waals surface area contributed by atoms with Gasteiger partial charge >= 0.3 is 0 Å². The number of para-hydroxylation sites is 4. The highest BCUT2D eigenvalue weighted by molar-refractivity contribution is 6.17. The summed E-state index contributed by atoms with van der Waals surface area (Å²) in [4.78, 5) is 20.2. The molecule has 0 spiro atoms. The third kappa shape index (κ3) is 3.40. The summed E-state index contributed by atoms with van der Waals surface area (Å²) in [7, 11) is 0. The van der Waals surface area contributed by atoms with Gasteiger partial charge in [0.25, 0.3) is 0 Å². The standard InChI is InChI=1S/C42H24N6/c1-2-10-27(11-3-1)47-36-17-7-4-12-28(36)29-19-18-25(24-37(29)47)26-22-32-30-13-8-20-43-38(30)39-42(46-35-16-6-5-15-34(35)45-39)48-40(32)33(23-26)31-14-9-21-44-41(31)48/h1-24H. The second-order valence-corrected chi connectivity index (χ2v) is 12.3. The predicted molar refractivity (Wildman–Crippen MR) is 194 cm³/mol. The minimum absolute atomic E-state index is 0.743. The fourth-order valence-corrected chi connectivity index (χ4v) is 7.67. The van der Waals surface area contributed by atoms with Gasteiger partial charge in [0.15, 0.2) is 5.82 Å². The highest BCUT2D eigenvalue weighted by Crippen LogP contribution is 2.47. The Morgan fingerprint density at radius 1 is 0.438 bits per heavy atom. The van der Waals surface area contributed by atoms with E-state index in [1.54, 1.807) is 0 Å². The SMILES string of the molecule is c1ccc(-n2c3ccccc3c3ccc(-c4cc5c6c(c4)c4cccnc4n6-c4nc6ccccc6nc4-c4ncccc4-5)cc32)cc1. The first-order chi connectivity index (χ1) is 23.8. The van der Waals surface area contributed by atoms with Gasteiger partial charge in [-0.25, -0.2) is 15.0 Å². The molecule has 0 saturated carbocycles. The Kier molecular flexibility index (Phi) is 5.02. The average molecular weight is 613 g/mol. The van der Waals surface area contributed by atoms with Gasteiger partial charge < -0.3 is 4.57 Å². The number of hydrogen-bond acceptors (Lipinski definition) is 4. The Bertz CT molecular complexity index is 2950. The zero-order chi connectivity index (χ0) is 31.3.